The number of carbonyl (C=O) groups is 3. The molecule has 3 N–H and O–H groups in total. The van der Waals surface area contributed by atoms with Crippen LogP contribution in [0.4, 0.5) is 21.6 Å². The van der Waals surface area contributed by atoms with Crippen molar-refractivity contribution in [3.63, 3.8) is 0 Å². The third-order valence-corrected chi connectivity index (χ3v) is 6.52. The third kappa shape index (κ3) is 5.57. The number of benzene rings is 1. The minimum Gasteiger partial charge on any atom is -0.494 e. The number of morpholine rings is 1. The van der Waals surface area contributed by atoms with Crippen LogP contribution in [0.25, 0.3) is 11.3 Å². The number of amides is 3. The lowest BCUT2D eigenvalue weighted by Gasteiger charge is -2.26. The predicted octanol–water partition coefficient (Wildman–Crippen LogP) is 1.95. The Morgan fingerprint density at radius 3 is 2.60 bits per heavy atom. The molecule has 0 atom stereocenters. The summed E-state index contributed by atoms with van der Waals surface area (Å²) in [6.07, 6.45) is 1.47. The van der Waals surface area contributed by atoms with Crippen LogP contribution in [0.15, 0.2) is 24.3 Å². The number of aromatic nitrogens is 4. The molecular formula is C26H29FN8O5. The van der Waals surface area contributed by atoms with Gasteiger partial charge < -0.3 is 30.3 Å². The van der Waals surface area contributed by atoms with Gasteiger partial charge in [-0.05, 0) is 25.0 Å². The van der Waals surface area contributed by atoms with Gasteiger partial charge in [0, 0.05) is 54.8 Å². The van der Waals surface area contributed by atoms with Crippen LogP contribution >= 0.6 is 0 Å². The lowest BCUT2D eigenvalue weighted by atomic mass is 10.1. The van der Waals surface area contributed by atoms with Crippen LogP contribution in [0.1, 0.15) is 37.9 Å². The van der Waals surface area contributed by atoms with Crippen molar-refractivity contribution in [2.45, 2.75) is 12.8 Å². The number of ether oxygens (including phenoxy) is 2. The van der Waals surface area contributed by atoms with Crippen LogP contribution < -0.4 is 20.7 Å². The number of carbonyl (C=O) groups excluding carboxylic acids is 3. The van der Waals surface area contributed by atoms with Gasteiger partial charge in [0.1, 0.15) is 11.5 Å². The first-order chi connectivity index (χ1) is 20.4. The molecule has 0 bridgehead atoms. The van der Waals surface area contributed by atoms with Crippen molar-refractivity contribution in [1.29, 1.82) is 0 Å². The van der Waals surface area contributed by atoms with Crippen LogP contribution in [0.2, 0.25) is 0 Å². The standard InChI is InChI=1S/C26H29FN8O5/c1-28-25(37)22-18(13-21(31-32-22)30-24(36)14-4-5-14)29-19-11-15(27)10-16(23(19)39-3)17-12-20(34(2)33-17)26(38)35-6-8-40-9-7-35/h10-14H,4-9H2,1-3H3,(H,28,37)(H2,29,30,31,36)/i1D3. The van der Waals surface area contributed by atoms with Crippen molar-refractivity contribution in [3.05, 3.63) is 41.5 Å². The fourth-order valence-electron chi connectivity index (χ4n) is 4.32. The lowest BCUT2D eigenvalue weighted by molar-refractivity contribution is -0.117. The Kier molecular flexibility index (Phi) is 6.56. The molecule has 0 spiro atoms. The van der Waals surface area contributed by atoms with Gasteiger partial charge in [0.2, 0.25) is 5.91 Å². The molecule has 0 radical (unpaired) electrons. The van der Waals surface area contributed by atoms with E-state index in [2.05, 4.69) is 25.9 Å². The first-order valence-corrected chi connectivity index (χ1v) is 12.5. The van der Waals surface area contributed by atoms with Crippen molar-refractivity contribution in [2.75, 3.05) is 51.0 Å². The molecule has 2 aromatic heterocycles. The van der Waals surface area contributed by atoms with Gasteiger partial charge >= 0.3 is 0 Å². The number of nitrogens with one attached hydrogen (secondary N) is 3. The van der Waals surface area contributed by atoms with Crippen LogP contribution in [0.5, 0.6) is 5.75 Å². The number of hydrogen-bond acceptors (Lipinski definition) is 9. The fourth-order valence-corrected chi connectivity index (χ4v) is 4.32. The molecule has 2 fully saturated rings. The normalized spacial score (nSPS) is 16.4. The number of nitrogens with zero attached hydrogens (tertiary/aromatic N) is 5. The van der Waals surface area contributed by atoms with E-state index < -0.39 is 24.4 Å². The van der Waals surface area contributed by atoms with Crippen LogP contribution in [0.3, 0.4) is 0 Å². The van der Waals surface area contributed by atoms with E-state index in [1.54, 1.807) is 11.9 Å². The Bertz CT molecular complexity index is 1570. The van der Waals surface area contributed by atoms with Gasteiger partial charge in [-0.2, -0.15) is 5.10 Å². The van der Waals surface area contributed by atoms with Crippen LogP contribution in [0, 0.1) is 11.7 Å². The Labute approximate surface area is 233 Å². The van der Waals surface area contributed by atoms with E-state index in [-0.39, 0.29) is 57.6 Å². The molecule has 1 aromatic carbocycles. The second kappa shape index (κ2) is 11.3. The molecule has 1 aliphatic heterocycles. The summed E-state index contributed by atoms with van der Waals surface area (Å²) in [6, 6.07) is 5.09. The molecule has 2 aliphatic rings. The van der Waals surface area contributed by atoms with E-state index in [0.717, 1.165) is 18.9 Å². The highest BCUT2D eigenvalue weighted by molar-refractivity contribution is 6.00. The van der Waals surface area contributed by atoms with E-state index in [9.17, 15) is 14.4 Å². The first kappa shape index (κ1) is 23.3. The first-order valence-electron chi connectivity index (χ1n) is 14.0. The van der Waals surface area contributed by atoms with Gasteiger partial charge in [-0.25, -0.2) is 4.39 Å². The molecular weight excluding hydrogens is 523 g/mol. The molecule has 210 valence electrons. The van der Waals surface area contributed by atoms with Crippen molar-refractivity contribution < 1.29 is 32.4 Å². The monoisotopic (exact) mass is 555 g/mol. The summed E-state index contributed by atoms with van der Waals surface area (Å²) in [5, 5.41) is 19.4. The molecule has 3 heterocycles. The second-order valence-corrected chi connectivity index (χ2v) is 9.31. The van der Waals surface area contributed by atoms with Crippen molar-refractivity contribution >= 4 is 34.9 Å². The Morgan fingerprint density at radius 2 is 1.90 bits per heavy atom. The summed E-state index contributed by atoms with van der Waals surface area (Å²) < 4.78 is 49.5. The number of hydrogen-bond donors (Lipinski definition) is 3. The maximum Gasteiger partial charge on any atom is 0.273 e. The third-order valence-electron chi connectivity index (χ3n) is 6.52. The molecule has 13 nitrogen and oxygen atoms in total. The summed E-state index contributed by atoms with van der Waals surface area (Å²) in [4.78, 5) is 39.9. The number of rotatable bonds is 8. The van der Waals surface area contributed by atoms with Crippen LogP contribution in [-0.4, -0.2) is 83.0 Å². The van der Waals surface area contributed by atoms with E-state index in [1.807, 2.05) is 5.32 Å². The van der Waals surface area contributed by atoms with E-state index >= 15 is 4.39 Å². The highest BCUT2D eigenvalue weighted by Crippen LogP contribution is 2.39. The minimum atomic E-state index is -2.83. The average molecular weight is 556 g/mol. The number of halogens is 1. The Morgan fingerprint density at radius 1 is 1.12 bits per heavy atom. The highest BCUT2D eigenvalue weighted by Gasteiger charge is 2.30. The summed E-state index contributed by atoms with van der Waals surface area (Å²) in [5.74, 6) is -2.37. The Hall–Kier alpha value is -4.59. The SMILES string of the molecule is [2H]C([2H])([2H])NC(=O)c1nnc(NC(=O)C2CC2)cc1Nc1cc(F)cc(-c2cc(C(=O)N3CCOCC3)n(C)n2)c1OC. The minimum absolute atomic E-state index is 0.00331. The van der Waals surface area contributed by atoms with Crippen molar-refractivity contribution in [3.8, 4) is 17.0 Å². The predicted molar refractivity (Wildman–Crippen MR) is 142 cm³/mol. The van der Waals surface area contributed by atoms with Gasteiger partial charge in [-0.15, -0.1) is 10.2 Å². The van der Waals surface area contributed by atoms with Gasteiger partial charge in [0.15, 0.2) is 17.3 Å². The number of methoxy groups -OCH3 is 1. The van der Waals surface area contributed by atoms with Gasteiger partial charge in [0.25, 0.3) is 11.8 Å². The van der Waals surface area contributed by atoms with E-state index in [0.29, 0.717) is 26.3 Å². The van der Waals surface area contributed by atoms with Crippen molar-refractivity contribution in [2.24, 2.45) is 13.0 Å². The summed E-state index contributed by atoms with van der Waals surface area (Å²) >= 11 is 0. The molecule has 40 heavy (non-hydrogen) atoms. The summed E-state index contributed by atoms with van der Waals surface area (Å²) in [5.41, 5.74) is 0.227. The van der Waals surface area contributed by atoms with Gasteiger partial charge in [0.05, 0.1) is 37.4 Å². The molecule has 0 unspecified atom stereocenters. The fraction of sp³-hybridized carbons (Fsp3) is 0.385. The van der Waals surface area contributed by atoms with Gasteiger partial charge in [-0.1, -0.05) is 0 Å². The lowest BCUT2D eigenvalue weighted by Crippen LogP contribution is -2.41. The molecule has 1 saturated heterocycles. The zero-order valence-corrected chi connectivity index (χ0v) is 21.8. The zero-order valence-electron chi connectivity index (χ0n) is 24.8. The highest BCUT2D eigenvalue weighted by atomic mass is 19.1. The van der Waals surface area contributed by atoms with E-state index in [1.165, 1.54) is 30.0 Å². The Balaban J connectivity index is 1.52. The van der Waals surface area contributed by atoms with Crippen LogP contribution in [-0.2, 0) is 16.6 Å². The number of aryl methyl sites for hydroxylation is 1. The zero-order chi connectivity index (χ0) is 30.9. The molecule has 5 rings (SSSR count). The average Bonchev–Trinajstić information content (AvgIpc) is 3.74. The van der Waals surface area contributed by atoms with Gasteiger partial charge in [-0.3, -0.25) is 19.1 Å². The largest absolute Gasteiger partial charge is 0.494 e. The molecule has 3 amide bonds. The number of anilines is 3. The molecule has 1 aliphatic carbocycles. The summed E-state index contributed by atoms with van der Waals surface area (Å²) in [7, 11) is 2.94. The topological polar surface area (TPSA) is 153 Å². The summed E-state index contributed by atoms with van der Waals surface area (Å²) in [6.45, 7) is -1.13. The maximum atomic E-state index is 15.1. The smallest absolute Gasteiger partial charge is 0.273 e. The molecule has 1 saturated carbocycles. The van der Waals surface area contributed by atoms with E-state index in [4.69, 9.17) is 13.6 Å². The quantitative estimate of drug-likeness (QED) is 0.379. The second-order valence-electron chi connectivity index (χ2n) is 9.31. The molecule has 3 aromatic rings. The maximum absolute atomic E-state index is 15.1. The molecule has 14 heteroatoms. The van der Waals surface area contributed by atoms with Crippen molar-refractivity contribution in [1.82, 2.24) is 30.2 Å².